The Bertz CT molecular complexity index is 317. The zero-order chi connectivity index (χ0) is 11.4. The maximum absolute atomic E-state index is 5.89. The Hall–Kier alpha value is -0.240. The van der Waals surface area contributed by atoms with Gasteiger partial charge in [-0.3, -0.25) is 0 Å². The molecule has 0 aliphatic carbocycles. The van der Waals surface area contributed by atoms with Gasteiger partial charge in [-0.05, 0) is 57.0 Å². The van der Waals surface area contributed by atoms with Crippen LogP contribution in [0.2, 0.25) is 5.02 Å². The van der Waals surface area contributed by atoms with Crippen LogP contribution in [0.25, 0.3) is 0 Å². The molecule has 0 N–H and O–H groups in total. The van der Waals surface area contributed by atoms with Gasteiger partial charge in [-0.1, -0.05) is 30.2 Å². The van der Waals surface area contributed by atoms with Crippen molar-refractivity contribution in [3.05, 3.63) is 34.9 Å². The van der Waals surface area contributed by atoms with Crippen LogP contribution in [-0.2, 0) is 6.42 Å². The van der Waals surface area contributed by atoms with Crippen molar-refractivity contribution < 1.29 is 0 Å². The summed E-state index contributed by atoms with van der Waals surface area (Å²) < 4.78 is 0. The molecule has 0 saturated carbocycles. The van der Waals surface area contributed by atoms with E-state index in [1.165, 1.54) is 37.9 Å². The minimum atomic E-state index is 0. The first-order valence-corrected chi connectivity index (χ1v) is 6.62. The van der Waals surface area contributed by atoms with Crippen LogP contribution in [0.15, 0.2) is 24.3 Å². The summed E-state index contributed by atoms with van der Waals surface area (Å²) in [6, 6.07) is 8.91. The Kier molecular flexibility index (Phi) is 6.32. The second kappa shape index (κ2) is 7.25. The van der Waals surface area contributed by atoms with Gasteiger partial charge < -0.3 is 4.90 Å². The van der Waals surface area contributed by atoms with Gasteiger partial charge in [0.1, 0.15) is 0 Å². The third kappa shape index (κ3) is 4.50. The van der Waals surface area contributed by atoms with Gasteiger partial charge in [0.25, 0.3) is 0 Å². The zero-order valence-electron chi connectivity index (χ0n) is 10.4. The first kappa shape index (κ1) is 14.8. The lowest BCUT2D eigenvalue weighted by Gasteiger charge is -2.32. The molecule has 1 atom stereocenters. The van der Waals surface area contributed by atoms with Crippen molar-refractivity contribution in [1.82, 2.24) is 4.90 Å². The molecule has 0 radical (unpaired) electrons. The molecule has 1 aromatic carbocycles. The van der Waals surface area contributed by atoms with Crippen LogP contribution in [-0.4, -0.2) is 24.0 Å². The summed E-state index contributed by atoms with van der Waals surface area (Å²) in [6.07, 6.45) is 5.28. The van der Waals surface area contributed by atoms with Crippen molar-refractivity contribution in [1.29, 1.82) is 0 Å². The molecule has 0 bridgehead atoms. The van der Waals surface area contributed by atoms with Crippen LogP contribution in [0.4, 0.5) is 0 Å². The summed E-state index contributed by atoms with van der Waals surface area (Å²) in [5, 5.41) is 0.828. The van der Waals surface area contributed by atoms with E-state index < -0.39 is 0 Å². The van der Waals surface area contributed by atoms with E-state index >= 15 is 0 Å². The Balaban J connectivity index is 0.00000144. The maximum atomic E-state index is 5.89. The molecule has 0 spiro atoms. The van der Waals surface area contributed by atoms with Gasteiger partial charge >= 0.3 is 0 Å². The van der Waals surface area contributed by atoms with Crippen molar-refractivity contribution in [2.75, 3.05) is 13.1 Å². The molecule has 2 rings (SSSR count). The molecule has 17 heavy (non-hydrogen) atoms. The lowest BCUT2D eigenvalue weighted by atomic mass is 10.0. The fraction of sp³-hybridized carbons (Fsp3) is 0.571. The van der Waals surface area contributed by atoms with Crippen LogP contribution >= 0.6 is 24.0 Å². The second-order valence-electron chi connectivity index (χ2n) is 4.78. The average Bonchev–Trinajstić information content (AvgIpc) is 2.33. The van der Waals surface area contributed by atoms with Gasteiger partial charge in [0, 0.05) is 11.1 Å². The quantitative estimate of drug-likeness (QED) is 0.799. The number of piperidine rings is 1. The van der Waals surface area contributed by atoms with E-state index in [-0.39, 0.29) is 12.4 Å². The summed E-state index contributed by atoms with van der Waals surface area (Å²) in [4.78, 5) is 2.61. The SMILES string of the molecule is CC(Cc1ccc(Cl)cc1)N1CCCCC1.Cl. The lowest BCUT2D eigenvalue weighted by molar-refractivity contribution is 0.173. The molecule has 1 unspecified atom stereocenters. The molecule has 1 heterocycles. The van der Waals surface area contributed by atoms with Gasteiger partial charge in [0.15, 0.2) is 0 Å². The Labute approximate surface area is 116 Å². The van der Waals surface area contributed by atoms with Gasteiger partial charge in [-0.15, -0.1) is 12.4 Å². The Morgan fingerprint density at radius 2 is 1.71 bits per heavy atom. The first-order valence-electron chi connectivity index (χ1n) is 6.24. The number of hydrogen-bond acceptors (Lipinski definition) is 1. The van der Waals surface area contributed by atoms with Gasteiger partial charge in [0.2, 0.25) is 0 Å². The number of hydrogen-bond donors (Lipinski definition) is 0. The maximum Gasteiger partial charge on any atom is 0.0406 e. The number of benzene rings is 1. The molecule has 1 fully saturated rings. The van der Waals surface area contributed by atoms with Crippen LogP contribution in [0.1, 0.15) is 31.7 Å². The Morgan fingerprint density at radius 3 is 2.29 bits per heavy atom. The minimum Gasteiger partial charge on any atom is -0.300 e. The topological polar surface area (TPSA) is 3.24 Å². The molecule has 1 aliphatic heterocycles. The predicted molar refractivity (Wildman–Crippen MR) is 77.3 cm³/mol. The summed E-state index contributed by atoms with van der Waals surface area (Å²) in [5.41, 5.74) is 1.39. The van der Waals surface area contributed by atoms with Crippen LogP contribution in [0, 0.1) is 0 Å². The van der Waals surface area contributed by atoms with Crippen LogP contribution < -0.4 is 0 Å². The Morgan fingerprint density at radius 1 is 1.12 bits per heavy atom. The molecule has 1 aliphatic rings. The largest absolute Gasteiger partial charge is 0.300 e. The molecular weight excluding hydrogens is 253 g/mol. The molecule has 1 saturated heterocycles. The first-order chi connectivity index (χ1) is 7.75. The molecule has 1 nitrogen and oxygen atoms in total. The standard InChI is InChI=1S/C14H20ClN.ClH/c1-12(16-9-3-2-4-10-16)11-13-5-7-14(15)8-6-13;/h5-8,12H,2-4,9-11H2,1H3;1H. The van der Waals surface area contributed by atoms with Crippen LogP contribution in [0.5, 0.6) is 0 Å². The number of nitrogens with zero attached hydrogens (tertiary/aromatic N) is 1. The highest BCUT2D eigenvalue weighted by Gasteiger charge is 2.16. The second-order valence-corrected chi connectivity index (χ2v) is 5.21. The van der Waals surface area contributed by atoms with E-state index in [0.29, 0.717) is 6.04 Å². The predicted octanol–water partition coefficient (Wildman–Crippen LogP) is 4.18. The zero-order valence-corrected chi connectivity index (χ0v) is 11.9. The van der Waals surface area contributed by atoms with Crippen molar-refractivity contribution >= 4 is 24.0 Å². The molecule has 96 valence electrons. The van der Waals surface area contributed by atoms with E-state index in [4.69, 9.17) is 11.6 Å². The van der Waals surface area contributed by atoms with E-state index in [1.54, 1.807) is 0 Å². The summed E-state index contributed by atoms with van der Waals surface area (Å²) in [7, 11) is 0. The van der Waals surface area contributed by atoms with E-state index in [0.717, 1.165) is 11.4 Å². The van der Waals surface area contributed by atoms with Crippen LogP contribution in [0.3, 0.4) is 0 Å². The van der Waals surface area contributed by atoms with Gasteiger partial charge in [-0.25, -0.2) is 0 Å². The molecule has 3 heteroatoms. The average molecular weight is 274 g/mol. The molecule has 0 aromatic heterocycles. The number of rotatable bonds is 3. The monoisotopic (exact) mass is 273 g/mol. The van der Waals surface area contributed by atoms with Crippen molar-refractivity contribution in [3.8, 4) is 0 Å². The number of halogens is 2. The highest BCUT2D eigenvalue weighted by molar-refractivity contribution is 6.30. The lowest BCUT2D eigenvalue weighted by Crippen LogP contribution is -2.38. The van der Waals surface area contributed by atoms with Crippen molar-refractivity contribution in [2.45, 2.75) is 38.6 Å². The molecule has 0 amide bonds. The summed E-state index contributed by atoms with van der Waals surface area (Å²) >= 11 is 5.89. The third-order valence-electron chi connectivity index (χ3n) is 3.46. The van der Waals surface area contributed by atoms with E-state index in [2.05, 4.69) is 24.0 Å². The van der Waals surface area contributed by atoms with E-state index in [9.17, 15) is 0 Å². The molecule has 1 aromatic rings. The third-order valence-corrected chi connectivity index (χ3v) is 3.71. The summed E-state index contributed by atoms with van der Waals surface area (Å²) in [6.45, 7) is 4.88. The van der Waals surface area contributed by atoms with Crippen molar-refractivity contribution in [3.63, 3.8) is 0 Å². The van der Waals surface area contributed by atoms with Gasteiger partial charge in [-0.2, -0.15) is 0 Å². The minimum absolute atomic E-state index is 0. The number of likely N-dealkylation sites (tertiary alicyclic amines) is 1. The van der Waals surface area contributed by atoms with E-state index in [1.807, 2.05) is 12.1 Å². The highest BCUT2D eigenvalue weighted by Crippen LogP contribution is 2.16. The summed E-state index contributed by atoms with van der Waals surface area (Å²) in [5.74, 6) is 0. The smallest absolute Gasteiger partial charge is 0.0406 e. The fourth-order valence-corrected chi connectivity index (χ4v) is 2.58. The highest BCUT2D eigenvalue weighted by atomic mass is 35.5. The molecular formula is C14H21Cl2N. The van der Waals surface area contributed by atoms with Gasteiger partial charge in [0.05, 0.1) is 0 Å². The normalized spacial score (nSPS) is 18.5. The van der Waals surface area contributed by atoms with Crippen molar-refractivity contribution in [2.24, 2.45) is 0 Å². The fourth-order valence-electron chi connectivity index (χ4n) is 2.45.